The number of amides is 3. The van der Waals surface area contributed by atoms with Crippen LogP contribution in [0.25, 0.3) is 10.8 Å². The van der Waals surface area contributed by atoms with E-state index in [4.69, 9.17) is 0 Å². The second kappa shape index (κ2) is 10.9. The highest BCUT2D eigenvalue weighted by Crippen LogP contribution is 2.37. The summed E-state index contributed by atoms with van der Waals surface area (Å²) in [7, 11) is 0. The standard InChI is InChI=1S/C30H35N3O3/c1-5-21(3)31-29(35)22(4)33(19-23-11-6-10-20(2)18-23)27(34)16-9-17-32-26-15-8-13-24-12-7-14-25(28(24)26)30(32)36/h6-8,10-15,18,21-22H,5,9,16-17,19H2,1-4H3,(H,31,35)/t21-,22-/m0/s1. The lowest BCUT2D eigenvalue weighted by molar-refractivity contribution is -0.140. The van der Waals surface area contributed by atoms with E-state index in [1.165, 1.54) is 0 Å². The van der Waals surface area contributed by atoms with Gasteiger partial charge in [-0.05, 0) is 56.7 Å². The molecule has 0 spiro atoms. The fourth-order valence-corrected chi connectivity index (χ4v) is 4.79. The Hall–Kier alpha value is -3.67. The van der Waals surface area contributed by atoms with Gasteiger partial charge in [0.25, 0.3) is 5.91 Å². The molecule has 0 bridgehead atoms. The van der Waals surface area contributed by atoms with Crippen LogP contribution in [0.5, 0.6) is 0 Å². The van der Waals surface area contributed by atoms with Gasteiger partial charge in [-0.15, -0.1) is 0 Å². The summed E-state index contributed by atoms with van der Waals surface area (Å²) in [5.41, 5.74) is 3.71. The topological polar surface area (TPSA) is 69.7 Å². The van der Waals surface area contributed by atoms with Crippen molar-refractivity contribution in [3.05, 3.63) is 77.4 Å². The third-order valence-corrected chi connectivity index (χ3v) is 7.03. The first kappa shape index (κ1) is 25.4. The number of hydrogen-bond acceptors (Lipinski definition) is 3. The molecule has 6 heteroatoms. The molecule has 0 saturated carbocycles. The van der Waals surface area contributed by atoms with Crippen LogP contribution in [0.15, 0.2) is 60.7 Å². The van der Waals surface area contributed by atoms with Crippen LogP contribution in [-0.2, 0) is 16.1 Å². The lowest BCUT2D eigenvalue weighted by Gasteiger charge is -2.30. The molecule has 3 aromatic carbocycles. The number of nitrogens with zero attached hydrogens (tertiary/aromatic N) is 2. The molecule has 0 fully saturated rings. The Bertz CT molecular complexity index is 1280. The van der Waals surface area contributed by atoms with Crippen molar-refractivity contribution in [2.24, 2.45) is 0 Å². The van der Waals surface area contributed by atoms with E-state index in [9.17, 15) is 14.4 Å². The Balaban J connectivity index is 1.46. The normalized spacial score (nSPS) is 14.1. The lowest BCUT2D eigenvalue weighted by atomic mass is 10.1. The smallest absolute Gasteiger partial charge is 0.258 e. The third kappa shape index (κ3) is 5.27. The van der Waals surface area contributed by atoms with E-state index in [0.29, 0.717) is 25.1 Å². The van der Waals surface area contributed by atoms with Crippen LogP contribution >= 0.6 is 0 Å². The summed E-state index contributed by atoms with van der Waals surface area (Å²) in [4.78, 5) is 42.9. The van der Waals surface area contributed by atoms with Gasteiger partial charge in [0.15, 0.2) is 0 Å². The molecule has 36 heavy (non-hydrogen) atoms. The van der Waals surface area contributed by atoms with Crippen LogP contribution in [0.2, 0.25) is 0 Å². The van der Waals surface area contributed by atoms with Crippen molar-refractivity contribution in [2.45, 2.75) is 65.6 Å². The summed E-state index contributed by atoms with van der Waals surface area (Å²) in [6.07, 6.45) is 1.59. The average Bonchev–Trinajstić information content (AvgIpc) is 3.14. The molecule has 1 heterocycles. The van der Waals surface area contributed by atoms with Gasteiger partial charge in [0, 0.05) is 36.5 Å². The maximum absolute atomic E-state index is 13.4. The minimum absolute atomic E-state index is 0.0211. The van der Waals surface area contributed by atoms with Gasteiger partial charge < -0.3 is 15.1 Å². The number of nitrogens with one attached hydrogen (secondary N) is 1. The van der Waals surface area contributed by atoms with Crippen molar-refractivity contribution in [2.75, 3.05) is 11.4 Å². The molecule has 4 rings (SSSR count). The number of hydrogen-bond donors (Lipinski definition) is 1. The van der Waals surface area contributed by atoms with E-state index in [2.05, 4.69) is 5.32 Å². The quantitative estimate of drug-likeness (QED) is 0.428. The molecule has 1 aliphatic heterocycles. The molecule has 188 valence electrons. The number of rotatable bonds is 10. The summed E-state index contributed by atoms with van der Waals surface area (Å²) in [6, 6.07) is 19.2. The summed E-state index contributed by atoms with van der Waals surface area (Å²) < 4.78 is 0. The largest absolute Gasteiger partial charge is 0.352 e. The zero-order valence-corrected chi connectivity index (χ0v) is 21.6. The molecule has 0 aliphatic carbocycles. The van der Waals surface area contributed by atoms with Crippen LogP contribution in [0.3, 0.4) is 0 Å². The SMILES string of the molecule is CC[C@H](C)NC(=O)[C@H](C)N(Cc1cccc(C)c1)C(=O)CCCN1C(=O)c2cccc3cccc1c23. The highest BCUT2D eigenvalue weighted by molar-refractivity contribution is 6.25. The third-order valence-electron chi connectivity index (χ3n) is 7.03. The Morgan fingerprint density at radius 3 is 2.47 bits per heavy atom. The molecule has 0 unspecified atom stereocenters. The molecule has 6 nitrogen and oxygen atoms in total. The van der Waals surface area contributed by atoms with Crippen LogP contribution < -0.4 is 10.2 Å². The summed E-state index contributed by atoms with van der Waals surface area (Å²) in [5, 5.41) is 5.03. The Kier molecular flexibility index (Phi) is 7.73. The van der Waals surface area contributed by atoms with Gasteiger partial charge in [-0.3, -0.25) is 14.4 Å². The Labute approximate surface area is 213 Å². The highest BCUT2D eigenvalue weighted by atomic mass is 16.2. The van der Waals surface area contributed by atoms with Gasteiger partial charge in [-0.25, -0.2) is 0 Å². The highest BCUT2D eigenvalue weighted by Gasteiger charge is 2.30. The van der Waals surface area contributed by atoms with Crippen LogP contribution in [-0.4, -0.2) is 41.2 Å². The van der Waals surface area contributed by atoms with E-state index >= 15 is 0 Å². The Morgan fingerprint density at radius 1 is 1.03 bits per heavy atom. The van der Waals surface area contributed by atoms with Crippen molar-refractivity contribution in [1.29, 1.82) is 0 Å². The summed E-state index contributed by atoms with van der Waals surface area (Å²) >= 11 is 0. The van der Waals surface area contributed by atoms with E-state index in [1.54, 1.807) is 16.7 Å². The van der Waals surface area contributed by atoms with Crippen molar-refractivity contribution in [1.82, 2.24) is 10.2 Å². The minimum Gasteiger partial charge on any atom is -0.352 e. The maximum Gasteiger partial charge on any atom is 0.258 e. The number of anilines is 1. The zero-order chi connectivity index (χ0) is 25.8. The van der Waals surface area contributed by atoms with Gasteiger partial charge in [0.05, 0.1) is 5.69 Å². The van der Waals surface area contributed by atoms with Gasteiger partial charge in [-0.1, -0.05) is 61.0 Å². The molecule has 0 radical (unpaired) electrons. The van der Waals surface area contributed by atoms with Crippen molar-refractivity contribution < 1.29 is 14.4 Å². The number of carbonyl (C=O) groups excluding carboxylic acids is 3. The van der Waals surface area contributed by atoms with Gasteiger partial charge in [-0.2, -0.15) is 0 Å². The predicted octanol–water partition coefficient (Wildman–Crippen LogP) is 5.22. The van der Waals surface area contributed by atoms with E-state index in [0.717, 1.165) is 34.0 Å². The van der Waals surface area contributed by atoms with Crippen molar-refractivity contribution >= 4 is 34.2 Å². The first-order valence-corrected chi connectivity index (χ1v) is 12.8. The van der Waals surface area contributed by atoms with Crippen LogP contribution in [0.4, 0.5) is 5.69 Å². The summed E-state index contributed by atoms with van der Waals surface area (Å²) in [6.45, 7) is 8.59. The Morgan fingerprint density at radius 2 is 1.75 bits per heavy atom. The van der Waals surface area contributed by atoms with Crippen molar-refractivity contribution in [3.8, 4) is 0 Å². The summed E-state index contributed by atoms with van der Waals surface area (Å²) in [5.74, 6) is -0.264. The number of aryl methyl sites for hydroxylation is 1. The van der Waals surface area contributed by atoms with Crippen molar-refractivity contribution in [3.63, 3.8) is 0 Å². The molecule has 3 aromatic rings. The molecule has 0 aromatic heterocycles. The van der Waals surface area contributed by atoms with Gasteiger partial charge in [0.1, 0.15) is 6.04 Å². The van der Waals surface area contributed by atoms with Gasteiger partial charge >= 0.3 is 0 Å². The molecule has 0 saturated heterocycles. The fraction of sp³-hybridized carbons (Fsp3) is 0.367. The lowest BCUT2D eigenvalue weighted by Crippen LogP contribution is -2.49. The van der Waals surface area contributed by atoms with Crippen LogP contribution in [0.1, 0.15) is 61.5 Å². The average molecular weight is 486 g/mol. The van der Waals surface area contributed by atoms with Gasteiger partial charge in [0.2, 0.25) is 11.8 Å². The molecule has 2 atom stereocenters. The monoisotopic (exact) mass is 485 g/mol. The molecule has 1 N–H and O–H groups in total. The molecule has 1 aliphatic rings. The first-order chi connectivity index (χ1) is 17.3. The van der Waals surface area contributed by atoms with E-state index in [1.807, 2.05) is 81.4 Å². The van der Waals surface area contributed by atoms with Crippen LogP contribution in [0, 0.1) is 6.92 Å². The maximum atomic E-state index is 13.4. The second-order valence-electron chi connectivity index (χ2n) is 9.75. The number of benzene rings is 3. The molecular weight excluding hydrogens is 450 g/mol. The van der Waals surface area contributed by atoms with E-state index in [-0.39, 0.29) is 30.2 Å². The minimum atomic E-state index is -0.599. The molecule has 3 amide bonds. The predicted molar refractivity (Wildman–Crippen MR) is 144 cm³/mol. The first-order valence-electron chi connectivity index (χ1n) is 12.8. The fourth-order valence-electron chi connectivity index (χ4n) is 4.79. The van der Waals surface area contributed by atoms with E-state index < -0.39 is 6.04 Å². The zero-order valence-electron chi connectivity index (χ0n) is 21.6. The molecular formula is C30H35N3O3. The number of carbonyl (C=O) groups is 3. The second-order valence-corrected chi connectivity index (χ2v) is 9.75.